The van der Waals surface area contributed by atoms with E-state index in [2.05, 4.69) is 10.1 Å². The molecule has 1 amide bonds. The number of halogens is 2. The SMILES string of the molecule is CCS(=O)(=O)c1ccc([C@H](CCO)NC(=O)c2ccc(N3C[C@@H](Oc4ccccc4)C[C@H]3COC(F)F)cc2)cc1. The minimum absolute atomic E-state index is 0.0166. The molecule has 3 aromatic rings. The van der Waals surface area contributed by atoms with Gasteiger partial charge in [0.1, 0.15) is 11.9 Å². The Labute approximate surface area is 238 Å². The first-order chi connectivity index (χ1) is 19.7. The third-order valence-corrected chi connectivity index (χ3v) is 8.79. The molecule has 0 aliphatic carbocycles. The highest BCUT2D eigenvalue weighted by Crippen LogP contribution is 2.30. The van der Waals surface area contributed by atoms with Crippen LogP contribution in [0.15, 0.2) is 83.8 Å². The smallest absolute Gasteiger partial charge is 0.345 e. The van der Waals surface area contributed by atoms with E-state index >= 15 is 0 Å². The molecule has 1 fully saturated rings. The molecular weight excluding hydrogens is 554 g/mol. The van der Waals surface area contributed by atoms with E-state index in [0.717, 1.165) is 5.69 Å². The van der Waals surface area contributed by atoms with Gasteiger partial charge in [-0.2, -0.15) is 8.78 Å². The van der Waals surface area contributed by atoms with Crippen molar-refractivity contribution in [1.29, 1.82) is 0 Å². The summed E-state index contributed by atoms with van der Waals surface area (Å²) in [5, 5.41) is 12.5. The Bertz CT molecular complexity index is 1370. The van der Waals surface area contributed by atoms with Crippen LogP contribution in [-0.2, 0) is 14.6 Å². The van der Waals surface area contributed by atoms with Gasteiger partial charge in [-0.3, -0.25) is 4.79 Å². The maximum absolute atomic E-state index is 13.1. The van der Waals surface area contributed by atoms with Gasteiger partial charge in [0, 0.05) is 24.3 Å². The van der Waals surface area contributed by atoms with Gasteiger partial charge in [0.25, 0.3) is 5.91 Å². The van der Waals surface area contributed by atoms with Gasteiger partial charge in [-0.25, -0.2) is 8.42 Å². The molecule has 3 atom stereocenters. The van der Waals surface area contributed by atoms with Crippen molar-refractivity contribution in [3.05, 3.63) is 90.0 Å². The second kappa shape index (κ2) is 13.9. The van der Waals surface area contributed by atoms with E-state index in [0.29, 0.717) is 29.8 Å². The van der Waals surface area contributed by atoms with Crippen molar-refractivity contribution in [3.63, 3.8) is 0 Å². The number of rotatable bonds is 13. The van der Waals surface area contributed by atoms with Crippen LogP contribution in [0.5, 0.6) is 5.75 Å². The quantitative estimate of drug-likeness (QED) is 0.301. The number of amides is 1. The summed E-state index contributed by atoms with van der Waals surface area (Å²) in [4.78, 5) is 15.2. The normalized spacial score (nSPS) is 17.9. The van der Waals surface area contributed by atoms with Crippen LogP contribution < -0.4 is 15.0 Å². The van der Waals surface area contributed by atoms with Gasteiger partial charge < -0.3 is 24.8 Å². The monoisotopic (exact) mass is 588 g/mol. The fourth-order valence-electron chi connectivity index (χ4n) is 4.88. The summed E-state index contributed by atoms with van der Waals surface area (Å²) in [5.74, 6) is 0.306. The Kier molecular flexibility index (Phi) is 10.3. The van der Waals surface area contributed by atoms with Crippen LogP contribution in [0.3, 0.4) is 0 Å². The molecule has 1 heterocycles. The van der Waals surface area contributed by atoms with Crippen molar-refractivity contribution in [1.82, 2.24) is 5.32 Å². The Morgan fingerprint density at radius 3 is 2.34 bits per heavy atom. The van der Waals surface area contributed by atoms with Gasteiger partial charge in [-0.1, -0.05) is 37.3 Å². The number of aliphatic hydroxyl groups is 1. The van der Waals surface area contributed by atoms with Crippen molar-refractivity contribution in [2.75, 3.05) is 30.4 Å². The van der Waals surface area contributed by atoms with Crippen molar-refractivity contribution in [3.8, 4) is 5.75 Å². The van der Waals surface area contributed by atoms with Crippen molar-refractivity contribution < 1.29 is 36.6 Å². The Hall–Kier alpha value is -3.54. The lowest BCUT2D eigenvalue weighted by atomic mass is 10.0. The summed E-state index contributed by atoms with van der Waals surface area (Å²) in [6.07, 6.45) is 0.501. The maximum atomic E-state index is 13.1. The molecule has 0 radical (unpaired) electrons. The van der Waals surface area contributed by atoms with Crippen LogP contribution in [0, 0.1) is 0 Å². The largest absolute Gasteiger partial charge is 0.489 e. The van der Waals surface area contributed by atoms with Gasteiger partial charge >= 0.3 is 6.61 Å². The van der Waals surface area contributed by atoms with Gasteiger partial charge in [0.05, 0.1) is 35.9 Å². The number of carbonyl (C=O) groups excluding carboxylic acids is 1. The van der Waals surface area contributed by atoms with Crippen molar-refractivity contribution >= 4 is 21.4 Å². The van der Waals surface area contributed by atoms with Crippen LogP contribution >= 0.6 is 0 Å². The molecular formula is C30H34F2N2O6S. The highest BCUT2D eigenvalue weighted by atomic mass is 32.2. The average molecular weight is 589 g/mol. The first-order valence-electron chi connectivity index (χ1n) is 13.4. The van der Waals surface area contributed by atoms with Crippen LogP contribution in [-0.4, -0.2) is 63.7 Å². The molecule has 0 bridgehead atoms. The minimum Gasteiger partial charge on any atom is -0.489 e. The fourth-order valence-corrected chi connectivity index (χ4v) is 5.76. The zero-order valence-corrected chi connectivity index (χ0v) is 23.5. The van der Waals surface area contributed by atoms with Gasteiger partial charge in [0.15, 0.2) is 9.84 Å². The number of benzene rings is 3. The van der Waals surface area contributed by atoms with Crippen LogP contribution in [0.2, 0.25) is 0 Å². The van der Waals surface area contributed by atoms with Crippen molar-refractivity contribution in [2.45, 2.75) is 49.5 Å². The van der Waals surface area contributed by atoms with E-state index < -0.39 is 22.5 Å². The molecule has 0 saturated carbocycles. The first kappa shape index (κ1) is 30.4. The lowest BCUT2D eigenvalue weighted by molar-refractivity contribution is -0.131. The topological polar surface area (TPSA) is 105 Å². The summed E-state index contributed by atoms with van der Waals surface area (Å²) >= 11 is 0. The molecule has 1 aliphatic heterocycles. The van der Waals surface area contributed by atoms with Gasteiger partial charge in [-0.05, 0) is 60.5 Å². The van der Waals surface area contributed by atoms with E-state index in [1.165, 1.54) is 12.1 Å². The molecule has 0 aromatic heterocycles. The number of hydrogen-bond donors (Lipinski definition) is 2. The lowest BCUT2D eigenvalue weighted by Crippen LogP contribution is -2.34. The highest BCUT2D eigenvalue weighted by Gasteiger charge is 2.34. The molecule has 1 aliphatic rings. The zero-order chi connectivity index (χ0) is 29.4. The van der Waals surface area contributed by atoms with E-state index in [4.69, 9.17) is 4.74 Å². The molecule has 2 N–H and O–H groups in total. The Morgan fingerprint density at radius 1 is 1.05 bits per heavy atom. The summed E-state index contributed by atoms with van der Waals surface area (Å²) in [5.41, 5.74) is 1.78. The predicted octanol–water partition coefficient (Wildman–Crippen LogP) is 4.60. The van der Waals surface area contributed by atoms with E-state index in [1.54, 1.807) is 43.3 Å². The second-order valence-electron chi connectivity index (χ2n) is 9.75. The number of aliphatic hydroxyl groups excluding tert-OH is 1. The summed E-state index contributed by atoms with van der Waals surface area (Å²) in [7, 11) is -3.36. The van der Waals surface area contributed by atoms with Crippen LogP contribution in [0.4, 0.5) is 14.5 Å². The first-order valence-corrected chi connectivity index (χ1v) is 15.1. The maximum Gasteiger partial charge on any atom is 0.345 e. The number of nitrogens with zero attached hydrogens (tertiary/aromatic N) is 1. The molecule has 1 saturated heterocycles. The predicted molar refractivity (Wildman–Crippen MR) is 151 cm³/mol. The number of carbonyl (C=O) groups is 1. The molecule has 8 nitrogen and oxygen atoms in total. The number of anilines is 1. The third-order valence-electron chi connectivity index (χ3n) is 7.04. The Morgan fingerprint density at radius 2 is 1.73 bits per heavy atom. The minimum atomic E-state index is -3.36. The number of nitrogens with one attached hydrogen (secondary N) is 1. The standard InChI is InChI=1S/C30H34F2N2O6S/c1-2-41(37,38)27-14-10-21(11-15-27)28(16-17-35)33-29(36)22-8-12-23(13-9-22)34-19-26(18-24(34)20-39-30(31)32)40-25-6-4-3-5-7-25/h3-15,24,26,28,30,35H,2,16-20H2,1H3,(H,33,36)/t24-,26-,28-/m0/s1. The van der Waals surface area contributed by atoms with Gasteiger partial charge in [-0.15, -0.1) is 0 Å². The molecule has 4 rings (SSSR count). The van der Waals surface area contributed by atoms with E-state index in [1.807, 2.05) is 35.2 Å². The van der Waals surface area contributed by atoms with E-state index in [9.17, 15) is 27.1 Å². The second-order valence-corrected chi connectivity index (χ2v) is 12.0. The highest BCUT2D eigenvalue weighted by molar-refractivity contribution is 7.91. The number of hydrogen-bond acceptors (Lipinski definition) is 7. The summed E-state index contributed by atoms with van der Waals surface area (Å²) in [6, 6.07) is 21.5. The summed E-state index contributed by atoms with van der Waals surface area (Å²) < 4.78 is 60.6. The Balaban J connectivity index is 1.45. The van der Waals surface area contributed by atoms with Crippen molar-refractivity contribution in [2.24, 2.45) is 0 Å². The molecule has 3 aromatic carbocycles. The van der Waals surface area contributed by atoms with E-state index in [-0.39, 0.29) is 48.3 Å². The molecule has 0 unspecified atom stereocenters. The fraction of sp³-hybridized carbons (Fsp3) is 0.367. The van der Waals surface area contributed by atoms with Crippen LogP contribution in [0.1, 0.15) is 41.7 Å². The number of ether oxygens (including phenoxy) is 2. The number of alkyl halides is 2. The zero-order valence-electron chi connectivity index (χ0n) is 22.7. The van der Waals surface area contributed by atoms with Crippen LogP contribution in [0.25, 0.3) is 0 Å². The van der Waals surface area contributed by atoms with Gasteiger partial charge in [0.2, 0.25) is 0 Å². The molecule has 41 heavy (non-hydrogen) atoms. The molecule has 11 heteroatoms. The third kappa shape index (κ3) is 8.02. The molecule has 0 spiro atoms. The lowest BCUT2D eigenvalue weighted by Gasteiger charge is -2.26. The molecule has 220 valence electrons. The average Bonchev–Trinajstić information content (AvgIpc) is 3.38. The number of para-hydroxylation sites is 1. The summed E-state index contributed by atoms with van der Waals surface area (Å²) in [6.45, 7) is -1.20. The number of sulfone groups is 1.